The fourth-order valence-electron chi connectivity index (χ4n) is 1.36. The van der Waals surface area contributed by atoms with E-state index < -0.39 is 51.9 Å². The highest BCUT2D eigenvalue weighted by Crippen LogP contribution is 2.27. The van der Waals surface area contributed by atoms with Gasteiger partial charge in [-0.05, 0) is 6.07 Å². The summed E-state index contributed by atoms with van der Waals surface area (Å²) in [6, 6.07) is 1.79. The van der Waals surface area contributed by atoms with Crippen LogP contribution >= 0.6 is 0 Å². The Hall–Kier alpha value is -2.78. The van der Waals surface area contributed by atoms with Crippen LogP contribution in [-0.2, 0) is 0 Å². The van der Waals surface area contributed by atoms with Crippen molar-refractivity contribution in [3.8, 4) is 0 Å². The van der Waals surface area contributed by atoms with Gasteiger partial charge in [-0.2, -0.15) is 5.10 Å². The zero-order valence-corrected chi connectivity index (χ0v) is 9.81. The molecule has 1 amide bonds. The van der Waals surface area contributed by atoms with Crippen LogP contribution in [0.4, 0.5) is 27.6 Å². The number of aromatic amines is 1. The Balaban J connectivity index is 2.42. The molecule has 0 unspecified atom stereocenters. The number of benzene rings is 1. The molecule has 2 aromatic rings. The molecular weight excluding hydrogens is 301 g/mol. The Bertz CT molecular complexity index is 741. The summed E-state index contributed by atoms with van der Waals surface area (Å²) in [4.78, 5) is 22.3. The Labute approximate surface area is 112 Å². The molecular formula is C11H4F5N3O2. The zero-order chi connectivity index (χ0) is 15.7. The van der Waals surface area contributed by atoms with Gasteiger partial charge in [-0.15, -0.1) is 0 Å². The fourth-order valence-corrected chi connectivity index (χ4v) is 1.36. The SMILES string of the molecule is O=C(Nc1c(F)c(F)c(F)c(F)c1F)c1ccc(=O)[nH]n1. The number of halogens is 5. The quantitative estimate of drug-likeness (QED) is 0.504. The number of carbonyl (C=O) groups is 1. The highest BCUT2D eigenvalue weighted by atomic mass is 19.2. The molecule has 110 valence electrons. The largest absolute Gasteiger partial charge is 0.315 e. The monoisotopic (exact) mass is 305 g/mol. The first-order valence-electron chi connectivity index (χ1n) is 5.21. The lowest BCUT2D eigenvalue weighted by Gasteiger charge is -2.09. The molecule has 0 aliphatic carbocycles. The molecule has 5 nitrogen and oxygen atoms in total. The zero-order valence-electron chi connectivity index (χ0n) is 9.81. The number of carbonyl (C=O) groups excluding carboxylic acids is 1. The molecule has 0 spiro atoms. The van der Waals surface area contributed by atoms with Crippen molar-refractivity contribution in [3.05, 3.63) is 57.3 Å². The number of nitrogens with one attached hydrogen (secondary N) is 2. The molecule has 0 atom stereocenters. The minimum atomic E-state index is -2.34. The van der Waals surface area contributed by atoms with E-state index in [9.17, 15) is 31.5 Å². The Morgan fingerprint density at radius 3 is 1.95 bits per heavy atom. The number of anilines is 1. The molecule has 0 saturated carbocycles. The predicted molar refractivity (Wildman–Crippen MR) is 59.0 cm³/mol. The van der Waals surface area contributed by atoms with Crippen molar-refractivity contribution in [1.29, 1.82) is 0 Å². The summed E-state index contributed by atoms with van der Waals surface area (Å²) in [5.41, 5.74) is -2.65. The second kappa shape index (κ2) is 5.31. The van der Waals surface area contributed by atoms with E-state index in [-0.39, 0.29) is 0 Å². The molecule has 0 saturated heterocycles. The minimum Gasteiger partial charge on any atom is -0.315 e. The van der Waals surface area contributed by atoms with Gasteiger partial charge in [0.05, 0.1) is 0 Å². The third-order valence-electron chi connectivity index (χ3n) is 2.36. The van der Waals surface area contributed by atoms with Crippen molar-refractivity contribution in [2.24, 2.45) is 0 Å². The van der Waals surface area contributed by atoms with Crippen LogP contribution in [0.5, 0.6) is 0 Å². The lowest BCUT2D eigenvalue weighted by atomic mass is 10.2. The molecule has 0 fully saturated rings. The van der Waals surface area contributed by atoms with Gasteiger partial charge >= 0.3 is 0 Å². The van der Waals surface area contributed by atoms with E-state index in [1.54, 1.807) is 0 Å². The van der Waals surface area contributed by atoms with E-state index in [4.69, 9.17) is 0 Å². The summed E-state index contributed by atoms with van der Waals surface area (Å²) in [6.07, 6.45) is 0. The maximum atomic E-state index is 13.3. The van der Waals surface area contributed by atoms with Gasteiger partial charge in [0, 0.05) is 6.07 Å². The summed E-state index contributed by atoms with van der Waals surface area (Å²) in [5, 5.41) is 6.61. The fraction of sp³-hybridized carbons (Fsp3) is 0. The maximum absolute atomic E-state index is 13.3. The van der Waals surface area contributed by atoms with Crippen LogP contribution in [0.15, 0.2) is 16.9 Å². The molecule has 21 heavy (non-hydrogen) atoms. The van der Waals surface area contributed by atoms with Crippen LogP contribution in [0.2, 0.25) is 0 Å². The van der Waals surface area contributed by atoms with Crippen molar-refractivity contribution in [1.82, 2.24) is 10.2 Å². The van der Waals surface area contributed by atoms with Crippen LogP contribution < -0.4 is 10.9 Å². The van der Waals surface area contributed by atoms with Crippen molar-refractivity contribution in [2.45, 2.75) is 0 Å². The lowest BCUT2D eigenvalue weighted by Crippen LogP contribution is -2.20. The van der Waals surface area contributed by atoms with Crippen molar-refractivity contribution < 1.29 is 26.7 Å². The second-order valence-corrected chi connectivity index (χ2v) is 3.71. The van der Waals surface area contributed by atoms with Crippen LogP contribution in [0.25, 0.3) is 0 Å². The first-order valence-corrected chi connectivity index (χ1v) is 5.21. The molecule has 2 N–H and O–H groups in total. The van der Waals surface area contributed by atoms with Gasteiger partial charge in [0.15, 0.2) is 23.3 Å². The average Bonchev–Trinajstić information content (AvgIpc) is 2.48. The molecule has 10 heteroatoms. The van der Waals surface area contributed by atoms with E-state index in [1.165, 1.54) is 5.32 Å². The molecule has 0 bridgehead atoms. The Morgan fingerprint density at radius 1 is 0.952 bits per heavy atom. The molecule has 1 heterocycles. The van der Waals surface area contributed by atoms with E-state index in [0.717, 1.165) is 12.1 Å². The minimum absolute atomic E-state index is 0.487. The molecule has 1 aromatic carbocycles. The van der Waals surface area contributed by atoms with Gasteiger partial charge in [0.1, 0.15) is 11.4 Å². The standard InChI is InChI=1S/C11H4F5N3O2/c12-5-6(13)8(15)10(9(16)7(5)14)17-11(21)3-1-2-4(20)19-18-3/h1-2H,(H,17,21)(H,19,20). The van der Waals surface area contributed by atoms with Gasteiger partial charge in [-0.25, -0.2) is 27.1 Å². The first-order chi connectivity index (χ1) is 9.82. The smallest absolute Gasteiger partial charge is 0.276 e. The van der Waals surface area contributed by atoms with E-state index in [1.807, 2.05) is 5.10 Å². The molecule has 2 rings (SSSR count). The Kier molecular flexibility index (Phi) is 3.70. The molecule has 1 aromatic heterocycles. The van der Waals surface area contributed by atoms with Crippen molar-refractivity contribution in [2.75, 3.05) is 5.32 Å². The van der Waals surface area contributed by atoms with Crippen LogP contribution in [-0.4, -0.2) is 16.1 Å². The number of H-pyrrole nitrogens is 1. The van der Waals surface area contributed by atoms with Gasteiger partial charge in [-0.3, -0.25) is 9.59 Å². The number of hydrogen-bond donors (Lipinski definition) is 2. The highest BCUT2D eigenvalue weighted by Gasteiger charge is 2.27. The predicted octanol–water partition coefficient (Wildman–Crippen LogP) is 1.72. The molecule has 0 aliphatic rings. The molecule has 0 aliphatic heterocycles. The number of nitrogens with zero attached hydrogens (tertiary/aromatic N) is 1. The van der Waals surface area contributed by atoms with Crippen LogP contribution in [0, 0.1) is 29.1 Å². The summed E-state index contributed by atoms with van der Waals surface area (Å²) in [6.45, 7) is 0. The normalized spacial score (nSPS) is 10.5. The van der Waals surface area contributed by atoms with Gasteiger partial charge < -0.3 is 5.32 Å². The highest BCUT2D eigenvalue weighted by molar-refractivity contribution is 6.02. The van der Waals surface area contributed by atoms with Gasteiger partial charge in [-0.1, -0.05) is 0 Å². The first kappa shape index (κ1) is 14.6. The lowest BCUT2D eigenvalue weighted by molar-refractivity contribution is 0.102. The third kappa shape index (κ3) is 2.59. The summed E-state index contributed by atoms with van der Waals surface area (Å²) in [7, 11) is 0. The Morgan fingerprint density at radius 2 is 1.48 bits per heavy atom. The average molecular weight is 305 g/mol. The van der Waals surface area contributed by atoms with Gasteiger partial charge in [0.2, 0.25) is 5.82 Å². The molecule has 0 radical (unpaired) electrons. The number of rotatable bonds is 2. The number of amides is 1. The second-order valence-electron chi connectivity index (χ2n) is 3.71. The summed E-state index contributed by atoms with van der Waals surface area (Å²) in [5.74, 6) is -12.4. The van der Waals surface area contributed by atoms with Crippen molar-refractivity contribution in [3.63, 3.8) is 0 Å². The third-order valence-corrected chi connectivity index (χ3v) is 2.36. The van der Waals surface area contributed by atoms with E-state index >= 15 is 0 Å². The van der Waals surface area contributed by atoms with Gasteiger partial charge in [0.25, 0.3) is 11.5 Å². The van der Waals surface area contributed by atoms with E-state index in [2.05, 4.69) is 5.10 Å². The maximum Gasteiger partial charge on any atom is 0.276 e. The van der Waals surface area contributed by atoms with Crippen LogP contribution in [0.1, 0.15) is 10.5 Å². The van der Waals surface area contributed by atoms with E-state index in [0.29, 0.717) is 0 Å². The number of hydrogen-bond acceptors (Lipinski definition) is 3. The van der Waals surface area contributed by atoms with Crippen molar-refractivity contribution >= 4 is 11.6 Å². The summed E-state index contributed by atoms with van der Waals surface area (Å²) >= 11 is 0. The summed E-state index contributed by atoms with van der Waals surface area (Å²) < 4.78 is 65.3. The van der Waals surface area contributed by atoms with Crippen LogP contribution in [0.3, 0.4) is 0 Å². The topological polar surface area (TPSA) is 74.8 Å². The number of aromatic nitrogens is 2.